The molecule has 1 unspecified atom stereocenters. The first-order valence-electron chi connectivity index (χ1n) is 5.60. The molecule has 2 aromatic rings. The van der Waals surface area contributed by atoms with Crippen molar-refractivity contribution in [3.05, 3.63) is 53.7 Å². The molecule has 0 spiro atoms. The predicted molar refractivity (Wildman–Crippen MR) is 73.3 cm³/mol. The smallest absolute Gasteiger partial charge is 0.0761 e. The van der Waals surface area contributed by atoms with Gasteiger partial charge in [0, 0.05) is 29.2 Å². The van der Waals surface area contributed by atoms with E-state index in [2.05, 4.69) is 23.8 Å². The average molecular weight is 247 g/mol. The summed E-state index contributed by atoms with van der Waals surface area (Å²) < 4.78 is 0. The van der Waals surface area contributed by atoms with Gasteiger partial charge >= 0.3 is 0 Å². The van der Waals surface area contributed by atoms with Gasteiger partial charge in [0.05, 0.1) is 5.52 Å². The Hall–Kier alpha value is -1.38. The van der Waals surface area contributed by atoms with Crippen molar-refractivity contribution in [3.8, 4) is 0 Å². The molecule has 2 rings (SSSR count). The third kappa shape index (κ3) is 2.65. The van der Waals surface area contributed by atoms with Gasteiger partial charge in [-0.05, 0) is 30.7 Å². The maximum absolute atomic E-state index is 6.14. The molecule has 88 valence electrons. The zero-order valence-corrected chi connectivity index (χ0v) is 10.5. The highest BCUT2D eigenvalue weighted by Crippen LogP contribution is 2.24. The normalized spacial score (nSPS) is 12.6. The number of hydrogen-bond donors (Lipinski definition) is 1. The molecule has 0 aliphatic rings. The fourth-order valence-electron chi connectivity index (χ4n) is 1.69. The summed E-state index contributed by atoms with van der Waals surface area (Å²) in [6.45, 7) is 6.58. The van der Waals surface area contributed by atoms with Gasteiger partial charge in [-0.3, -0.25) is 4.98 Å². The SMILES string of the molecule is C=CC(C)NCc1ccc(Cl)c2cccnc12. The summed E-state index contributed by atoms with van der Waals surface area (Å²) in [5.41, 5.74) is 2.11. The second kappa shape index (κ2) is 5.30. The van der Waals surface area contributed by atoms with Crippen LogP contribution in [0.4, 0.5) is 0 Å². The summed E-state index contributed by atoms with van der Waals surface area (Å²) in [6, 6.07) is 8.11. The zero-order chi connectivity index (χ0) is 12.3. The highest BCUT2D eigenvalue weighted by molar-refractivity contribution is 6.35. The van der Waals surface area contributed by atoms with E-state index in [1.165, 1.54) is 0 Å². The maximum atomic E-state index is 6.14. The Balaban J connectivity index is 2.35. The molecule has 1 atom stereocenters. The molecule has 0 fully saturated rings. The lowest BCUT2D eigenvalue weighted by molar-refractivity contribution is 0.636. The van der Waals surface area contributed by atoms with Gasteiger partial charge in [0.25, 0.3) is 0 Å². The van der Waals surface area contributed by atoms with Crippen LogP contribution in [0.2, 0.25) is 5.02 Å². The van der Waals surface area contributed by atoms with E-state index in [0.717, 1.165) is 28.0 Å². The van der Waals surface area contributed by atoms with Crippen molar-refractivity contribution in [1.29, 1.82) is 0 Å². The number of hydrogen-bond acceptors (Lipinski definition) is 2. The van der Waals surface area contributed by atoms with Gasteiger partial charge < -0.3 is 5.32 Å². The lowest BCUT2D eigenvalue weighted by atomic mass is 10.1. The molecule has 17 heavy (non-hydrogen) atoms. The topological polar surface area (TPSA) is 24.9 Å². The Labute approximate surface area is 106 Å². The summed E-state index contributed by atoms with van der Waals surface area (Å²) in [4.78, 5) is 4.40. The van der Waals surface area contributed by atoms with E-state index < -0.39 is 0 Å². The van der Waals surface area contributed by atoms with Crippen molar-refractivity contribution in [2.45, 2.75) is 19.5 Å². The summed E-state index contributed by atoms with van der Waals surface area (Å²) in [5, 5.41) is 5.10. The van der Waals surface area contributed by atoms with Crippen LogP contribution in [-0.2, 0) is 6.54 Å². The molecule has 2 nitrogen and oxygen atoms in total. The number of pyridine rings is 1. The summed E-state index contributed by atoms with van der Waals surface area (Å²) in [6.07, 6.45) is 3.67. The number of fused-ring (bicyclic) bond motifs is 1. The number of nitrogens with one attached hydrogen (secondary N) is 1. The Morgan fingerprint density at radius 3 is 3.06 bits per heavy atom. The largest absolute Gasteiger partial charge is 0.307 e. The fourth-order valence-corrected chi connectivity index (χ4v) is 1.91. The first-order chi connectivity index (χ1) is 8.22. The lowest BCUT2D eigenvalue weighted by Crippen LogP contribution is -2.23. The maximum Gasteiger partial charge on any atom is 0.0761 e. The van der Waals surface area contributed by atoms with Crippen molar-refractivity contribution in [2.75, 3.05) is 0 Å². The van der Waals surface area contributed by atoms with Crippen LogP contribution in [0.25, 0.3) is 10.9 Å². The van der Waals surface area contributed by atoms with Crippen LogP contribution in [0.5, 0.6) is 0 Å². The molecule has 0 radical (unpaired) electrons. The fraction of sp³-hybridized carbons (Fsp3) is 0.214. The highest BCUT2D eigenvalue weighted by Gasteiger charge is 2.05. The molecule has 0 bridgehead atoms. The predicted octanol–water partition coefficient (Wildman–Crippen LogP) is 3.55. The van der Waals surface area contributed by atoms with Crippen molar-refractivity contribution in [3.63, 3.8) is 0 Å². The average Bonchev–Trinajstić information content (AvgIpc) is 2.38. The van der Waals surface area contributed by atoms with Crippen molar-refractivity contribution < 1.29 is 0 Å². The Bertz CT molecular complexity index is 537. The quantitative estimate of drug-likeness (QED) is 0.835. The molecule has 1 aromatic carbocycles. The third-order valence-electron chi connectivity index (χ3n) is 2.77. The molecule has 0 aliphatic heterocycles. The highest BCUT2D eigenvalue weighted by atomic mass is 35.5. The van der Waals surface area contributed by atoms with Gasteiger partial charge in [0.2, 0.25) is 0 Å². The van der Waals surface area contributed by atoms with Crippen molar-refractivity contribution >= 4 is 22.5 Å². The van der Waals surface area contributed by atoms with Gasteiger partial charge in [-0.2, -0.15) is 0 Å². The Morgan fingerprint density at radius 2 is 2.29 bits per heavy atom. The minimum absolute atomic E-state index is 0.282. The molecule has 1 aromatic heterocycles. The van der Waals surface area contributed by atoms with E-state index in [1.54, 1.807) is 6.20 Å². The van der Waals surface area contributed by atoms with Gasteiger partial charge in [-0.15, -0.1) is 6.58 Å². The van der Waals surface area contributed by atoms with Crippen LogP contribution >= 0.6 is 11.6 Å². The van der Waals surface area contributed by atoms with Crippen LogP contribution in [0, 0.1) is 0 Å². The zero-order valence-electron chi connectivity index (χ0n) is 9.78. The number of benzene rings is 1. The molecule has 1 heterocycles. The molecule has 1 N–H and O–H groups in total. The molecule has 0 aliphatic carbocycles. The van der Waals surface area contributed by atoms with E-state index in [1.807, 2.05) is 30.3 Å². The monoisotopic (exact) mass is 246 g/mol. The van der Waals surface area contributed by atoms with E-state index >= 15 is 0 Å². The standard InChI is InChI=1S/C14H15ClN2/c1-3-10(2)17-9-11-6-7-13(15)12-5-4-8-16-14(11)12/h3-8,10,17H,1,9H2,2H3. The van der Waals surface area contributed by atoms with E-state index in [-0.39, 0.29) is 6.04 Å². The number of rotatable bonds is 4. The molecule has 0 saturated heterocycles. The van der Waals surface area contributed by atoms with E-state index in [9.17, 15) is 0 Å². The van der Waals surface area contributed by atoms with Gasteiger partial charge in [0.1, 0.15) is 0 Å². The second-order valence-electron chi connectivity index (χ2n) is 4.01. The molecule has 0 saturated carbocycles. The lowest BCUT2D eigenvalue weighted by Gasteiger charge is -2.11. The van der Waals surface area contributed by atoms with E-state index in [4.69, 9.17) is 11.6 Å². The van der Waals surface area contributed by atoms with E-state index in [0.29, 0.717) is 0 Å². The summed E-state index contributed by atoms with van der Waals surface area (Å²) >= 11 is 6.14. The molecule has 0 amide bonds. The number of halogens is 1. The van der Waals surface area contributed by atoms with Crippen LogP contribution in [-0.4, -0.2) is 11.0 Å². The molecular weight excluding hydrogens is 232 g/mol. The van der Waals surface area contributed by atoms with Crippen LogP contribution in [0.3, 0.4) is 0 Å². The van der Waals surface area contributed by atoms with Crippen molar-refractivity contribution in [1.82, 2.24) is 10.3 Å². The number of nitrogens with zero attached hydrogens (tertiary/aromatic N) is 1. The van der Waals surface area contributed by atoms with Gasteiger partial charge in [-0.25, -0.2) is 0 Å². The summed E-state index contributed by atoms with van der Waals surface area (Å²) in [5.74, 6) is 0. The third-order valence-corrected chi connectivity index (χ3v) is 3.10. The van der Waals surface area contributed by atoms with Gasteiger partial charge in [-0.1, -0.05) is 23.7 Å². The second-order valence-corrected chi connectivity index (χ2v) is 4.42. The minimum atomic E-state index is 0.282. The Kier molecular flexibility index (Phi) is 3.77. The van der Waals surface area contributed by atoms with Crippen LogP contribution in [0.1, 0.15) is 12.5 Å². The first-order valence-corrected chi connectivity index (χ1v) is 5.98. The summed E-state index contributed by atoms with van der Waals surface area (Å²) in [7, 11) is 0. The van der Waals surface area contributed by atoms with Crippen molar-refractivity contribution in [2.24, 2.45) is 0 Å². The van der Waals surface area contributed by atoms with Crippen LogP contribution in [0.15, 0.2) is 43.1 Å². The first kappa shape index (κ1) is 12.1. The van der Waals surface area contributed by atoms with Crippen LogP contribution < -0.4 is 5.32 Å². The minimum Gasteiger partial charge on any atom is -0.307 e. The number of aromatic nitrogens is 1. The molecule has 3 heteroatoms. The van der Waals surface area contributed by atoms with Gasteiger partial charge in [0.15, 0.2) is 0 Å². The Morgan fingerprint density at radius 1 is 1.47 bits per heavy atom. The molecular formula is C14H15ClN2.